The average molecular weight is 293 g/mol. The number of benzene rings is 1. The normalized spacial score (nSPS) is 16.0. The number of halogens is 1. The summed E-state index contributed by atoms with van der Waals surface area (Å²) in [6, 6.07) is 5.91. The predicted molar refractivity (Wildman–Crippen MR) is 75.1 cm³/mol. The number of aliphatic carboxylic acids is 1. The lowest BCUT2D eigenvalue weighted by Crippen LogP contribution is -2.54. The number of nitrogens with one attached hydrogen (secondary N) is 1. The van der Waals surface area contributed by atoms with Crippen LogP contribution in [0.1, 0.15) is 0 Å². The van der Waals surface area contributed by atoms with Gasteiger partial charge in [-0.3, -0.25) is 4.79 Å². The lowest BCUT2D eigenvalue weighted by molar-refractivity contribution is -0.131. The van der Waals surface area contributed by atoms with Gasteiger partial charge in [0, 0.05) is 38.3 Å². The highest BCUT2D eigenvalue weighted by Gasteiger charge is 2.25. The van der Waals surface area contributed by atoms with Crippen molar-refractivity contribution in [2.45, 2.75) is 0 Å². The van der Waals surface area contributed by atoms with Crippen molar-refractivity contribution in [3.8, 4) is 0 Å². The molecule has 1 aliphatic rings. The molecule has 2 N–H and O–H groups in total. The first kappa shape index (κ1) is 15.1. The van der Waals surface area contributed by atoms with E-state index in [1.807, 2.05) is 0 Å². The van der Waals surface area contributed by atoms with Gasteiger partial charge in [0.1, 0.15) is 5.82 Å². The molecule has 1 aromatic rings. The van der Waals surface area contributed by atoms with Gasteiger partial charge in [-0.25, -0.2) is 19.2 Å². The maximum atomic E-state index is 14.0. The minimum atomic E-state index is -1.22. The zero-order valence-corrected chi connectivity index (χ0v) is 11.3. The van der Waals surface area contributed by atoms with Gasteiger partial charge in [0.15, 0.2) is 0 Å². The van der Waals surface area contributed by atoms with Crippen LogP contribution in [0.25, 0.3) is 0 Å². The molecule has 0 radical (unpaired) electrons. The second kappa shape index (κ2) is 6.96. The van der Waals surface area contributed by atoms with Gasteiger partial charge in [-0.15, -0.1) is 0 Å². The quantitative estimate of drug-likeness (QED) is 0.796. The maximum absolute atomic E-state index is 14.0. The number of amides is 1. The van der Waals surface area contributed by atoms with Crippen LogP contribution in [0.15, 0.2) is 36.4 Å². The number of hydrazine groups is 1. The Morgan fingerprint density at radius 1 is 1.24 bits per heavy atom. The molecular formula is C14H16FN3O3. The summed E-state index contributed by atoms with van der Waals surface area (Å²) < 4.78 is 14.0. The summed E-state index contributed by atoms with van der Waals surface area (Å²) in [5.74, 6) is -2.35. The standard InChI is InChI=1S/C14H16FN3O3/c15-11-3-1-2-4-12(11)18(13(19)5-6-14(20)21)17-9-7-16-8-10-17/h1-6,16H,7-10H2,(H,20,21)/b6-5+. The number of nitrogens with zero attached hydrogens (tertiary/aromatic N) is 2. The van der Waals surface area contributed by atoms with Crippen LogP contribution in [0.3, 0.4) is 0 Å². The summed E-state index contributed by atoms with van der Waals surface area (Å²) in [6.07, 6.45) is 1.68. The minimum Gasteiger partial charge on any atom is -0.478 e. The van der Waals surface area contributed by atoms with E-state index in [0.29, 0.717) is 26.2 Å². The van der Waals surface area contributed by atoms with E-state index in [1.54, 1.807) is 11.1 Å². The van der Waals surface area contributed by atoms with E-state index in [0.717, 1.165) is 12.2 Å². The lowest BCUT2D eigenvalue weighted by Gasteiger charge is -2.37. The topological polar surface area (TPSA) is 72.9 Å². The third kappa shape index (κ3) is 3.87. The van der Waals surface area contributed by atoms with Gasteiger partial charge in [0.05, 0.1) is 5.69 Å². The van der Waals surface area contributed by atoms with Gasteiger partial charge >= 0.3 is 5.97 Å². The first-order valence-corrected chi connectivity index (χ1v) is 6.55. The molecule has 1 amide bonds. The van der Waals surface area contributed by atoms with Crippen molar-refractivity contribution in [1.29, 1.82) is 0 Å². The Balaban J connectivity index is 2.32. The second-order valence-corrected chi connectivity index (χ2v) is 4.48. The third-order valence-corrected chi connectivity index (χ3v) is 3.03. The van der Waals surface area contributed by atoms with Crippen LogP contribution in [-0.2, 0) is 9.59 Å². The highest BCUT2D eigenvalue weighted by molar-refractivity contribution is 6.03. The van der Waals surface area contributed by atoms with E-state index in [1.165, 1.54) is 23.2 Å². The van der Waals surface area contributed by atoms with Gasteiger partial charge in [-0.05, 0) is 12.1 Å². The Hall–Kier alpha value is -2.25. The third-order valence-electron chi connectivity index (χ3n) is 3.03. The fraction of sp³-hybridized carbons (Fsp3) is 0.286. The molecule has 7 heteroatoms. The molecule has 0 bridgehead atoms. The molecule has 1 aromatic carbocycles. The molecule has 112 valence electrons. The van der Waals surface area contributed by atoms with Crippen LogP contribution in [-0.4, -0.2) is 48.2 Å². The number of carbonyl (C=O) groups is 2. The summed E-state index contributed by atoms with van der Waals surface area (Å²) in [6.45, 7) is 2.39. The zero-order chi connectivity index (χ0) is 15.2. The molecule has 0 aromatic heterocycles. The summed E-state index contributed by atoms with van der Waals surface area (Å²) in [4.78, 5) is 22.8. The number of para-hydroxylation sites is 1. The Kier molecular flexibility index (Phi) is 5.02. The van der Waals surface area contributed by atoms with Crippen molar-refractivity contribution in [1.82, 2.24) is 10.3 Å². The highest BCUT2D eigenvalue weighted by atomic mass is 19.1. The number of hydrogen-bond donors (Lipinski definition) is 2. The summed E-state index contributed by atoms with van der Waals surface area (Å²) in [5, 5.41) is 14.7. The molecule has 0 saturated carbocycles. The van der Waals surface area contributed by atoms with E-state index >= 15 is 0 Å². The lowest BCUT2D eigenvalue weighted by atomic mass is 10.2. The molecule has 6 nitrogen and oxygen atoms in total. The SMILES string of the molecule is O=C(O)/C=C/C(=O)N(c1ccccc1F)N1CCNCC1. The number of piperazine rings is 1. The van der Waals surface area contributed by atoms with Crippen molar-refractivity contribution in [2.24, 2.45) is 0 Å². The van der Waals surface area contributed by atoms with Crippen LogP contribution in [0.4, 0.5) is 10.1 Å². The minimum absolute atomic E-state index is 0.111. The smallest absolute Gasteiger partial charge is 0.328 e. The molecule has 0 aliphatic carbocycles. The van der Waals surface area contributed by atoms with Crippen molar-refractivity contribution in [3.63, 3.8) is 0 Å². The van der Waals surface area contributed by atoms with E-state index in [-0.39, 0.29) is 5.69 Å². The Morgan fingerprint density at radius 2 is 1.90 bits per heavy atom. The molecule has 1 fully saturated rings. The van der Waals surface area contributed by atoms with E-state index in [9.17, 15) is 14.0 Å². The number of rotatable bonds is 4. The first-order chi connectivity index (χ1) is 10.1. The van der Waals surface area contributed by atoms with Crippen molar-refractivity contribution < 1.29 is 19.1 Å². The van der Waals surface area contributed by atoms with Gasteiger partial charge < -0.3 is 10.4 Å². The van der Waals surface area contributed by atoms with Crippen molar-refractivity contribution >= 4 is 17.6 Å². The summed E-state index contributed by atoms with van der Waals surface area (Å²) >= 11 is 0. The molecular weight excluding hydrogens is 277 g/mol. The first-order valence-electron chi connectivity index (χ1n) is 6.55. The molecule has 0 spiro atoms. The molecule has 0 unspecified atom stereocenters. The molecule has 2 rings (SSSR count). The largest absolute Gasteiger partial charge is 0.478 e. The molecule has 21 heavy (non-hydrogen) atoms. The van der Waals surface area contributed by atoms with E-state index in [4.69, 9.17) is 5.11 Å². The summed E-state index contributed by atoms with van der Waals surface area (Å²) in [5.41, 5.74) is 0.111. The highest BCUT2D eigenvalue weighted by Crippen LogP contribution is 2.21. The molecule has 1 aliphatic heterocycles. The van der Waals surface area contributed by atoms with Gasteiger partial charge in [-0.2, -0.15) is 0 Å². The maximum Gasteiger partial charge on any atom is 0.328 e. The van der Waals surface area contributed by atoms with Gasteiger partial charge in [0.25, 0.3) is 5.91 Å². The number of carboxylic acid groups (broad SMARTS) is 1. The van der Waals surface area contributed by atoms with Crippen LogP contribution < -0.4 is 10.3 Å². The molecule has 0 atom stereocenters. The Bertz CT molecular complexity index is 556. The van der Waals surface area contributed by atoms with Crippen LogP contribution in [0, 0.1) is 5.82 Å². The monoisotopic (exact) mass is 293 g/mol. The zero-order valence-electron chi connectivity index (χ0n) is 11.3. The van der Waals surface area contributed by atoms with Gasteiger partial charge in [-0.1, -0.05) is 12.1 Å². The van der Waals surface area contributed by atoms with E-state index < -0.39 is 17.7 Å². The fourth-order valence-electron chi connectivity index (χ4n) is 2.10. The Labute approximate surface area is 121 Å². The molecule has 1 saturated heterocycles. The van der Waals surface area contributed by atoms with Crippen LogP contribution in [0.5, 0.6) is 0 Å². The predicted octanol–water partition coefficient (Wildman–Crippen LogP) is 0.620. The van der Waals surface area contributed by atoms with E-state index in [2.05, 4.69) is 5.32 Å². The van der Waals surface area contributed by atoms with Crippen molar-refractivity contribution in [2.75, 3.05) is 31.2 Å². The number of hydrogen-bond acceptors (Lipinski definition) is 4. The van der Waals surface area contributed by atoms with Crippen LogP contribution >= 0.6 is 0 Å². The average Bonchev–Trinajstić information content (AvgIpc) is 2.48. The fourth-order valence-corrected chi connectivity index (χ4v) is 2.10. The van der Waals surface area contributed by atoms with Gasteiger partial charge in [0.2, 0.25) is 0 Å². The molecule has 1 heterocycles. The van der Waals surface area contributed by atoms with Crippen LogP contribution in [0.2, 0.25) is 0 Å². The second-order valence-electron chi connectivity index (χ2n) is 4.48. The summed E-state index contributed by atoms with van der Waals surface area (Å²) in [7, 11) is 0. The number of carbonyl (C=O) groups excluding carboxylic acids is 1. The number of carboxylic acids is 1. The number of anilines is 1. The van der Waals surface area contributed by atoms with Crippen molar-refractivity contribution in [3.05, 3.63) is 42.2 Å². The Morgan fingerprint density at radius 3 is 2.52 bits per heavy atom.